The number of hydrogen-bond acceptors (Lipinski definition) is 5. The molecule has 21 heavy (non-hydrogen) atoms. The fourth-order valence-electron chi connectivity index (χ4n) is 2.24. The van der Waals surface area contributed by atoms with Gasteiger partial charge in [0.25, 0.3) is 0 Å². The maximum Gasteiger partial charge on any atom is 0.160 e. The van der Waals surface area contributed by atoms with Crippen LogP contribution in [0.1, 0.15) is 23.1 Å². The van der Waals surface area contributed by atoms with Gasteiger partial charge in [0.05, 0.1) is 24.1 Å². The van der Waals surface area contributed by atoms with Gasteiger partial charge in [-0.3, -0.25) is 0 Å². The number of aliphatic hydroxyl groups excluding tert-OH is 1. The molecule has 4 nitrogen and oxygen atoms in total. The van der Waals surface area contributed by atoms with Crippen molar-refractivity contribution in [1.29, 1.82) is 0 Å². The maximum atomic E-state index is 10.6. The van der Waals surface area contributed by atoms with Crippen LogP contribution in [0.2, 0.25) is 0 Å². The first-order valence-corrected chi connectivity index (χ1v) is 8.12. The molecular weight excluding hydrogens is 354 g/mol. The van der Waals surface area contributed by atoms with Gasteiger partial charge in [0.2, 0.25) is 0 Å². The third-order valence-corrected chi connectivity index (χ3v) is 4.92. The van der Waals surface area contributed by atoms with Crippen LogP contribution in [0, 0.1) is 0 Å². The van der Waals surface area contributed by atoms with E-state index in [-0.39, 0.29) is 5.92 Å². The molecule has 1 aromatic carbocycles. The van der Waals surface area contributed by atoms with Gasteiger partial charge in [-0.2, -0.15) is 0 Å². The number of nitrogens with two attached hydrogens (primary N) is 1. The first kappa shape index (κ1) is 16.3. The molecule has 2 rings (SSSR count). The molecule has 0 saturated carbocycles. The van der Waals surface area contributed by atoms with Crippen molar-refractivity contribution in [3.8, 4) is 11.5 Å². The summed E-state index contributed by atoms with van der Waals surface area (Å²) in [5.74, 6) is 1.09. The molecule has 114 valence electrons. The Labute approximate surface area is 136 Å². The zero-order valence-electron chi connectivity index (χ0n) is 11.9. The van der Waals surface area contributed by atoms with Gasteiger partial charge >= 0.3 is 0 Å². The van der Waals surface area contributed by atoms with E-state index in [0.29, 0.717) is 18.0 Å². The highest BCUT2D eigenvalue weighted by atomic mass is 79.9. The van der Waals surface area contributed by atoms with Gasteiger partial charge in [0.15, 0.2) is 11.5 Å². The zero-order chi connectivity index (χ0) is 15.4. The van der Waals surface area contributed by atoms with Crippen molar-refractivity contribution in [2.75, 3.05) is 20.8 Å². The summed E-state index contributed by atoms with van der Waals surface area (Å²) in [6.07, 6.45) is -0.657. The quantitative estimate of drug-likeness (QED) is 0.817. The second-order valence-corrected chi connectivity index (χ2v) is 6.88. The van der Waals surface area contributed by atoms with Gasteiger partial charge in [0.1, 0.15) is 0 Å². The van der Waals surface area contributed by atoms with Crippen LogP contribution in [0.15, 0.2) is 33.4 Å². The normalized spacial score (nSPS) is 13.8. The Morgan fingerprint density at radius 1 is 1.19 bits per heavy atom. The van der Waals surface area contributed by atoms with Crippen molar-refractivity contribution in [2.24, 2.45) is 5.73 Å². The molecule has 0 bridgehead atoms. The molecule has 0 aliphatic heterocycles. The zero-order valence-corrected chi connectivity index (χ0v) is 14.3. The third kappa shape index (κ3) is 3.58. The number of halogens is 1. The summed E-state index contributed by atoms with van der Waals surface area (Å²) in [6, 6.07) is 7.51. The smallest absolute Gasteiger partial charge is 0.160 e. The fraction of sp³-hybridized carbons (Fsp3) is 0.333. The molecule has 1 heterocycles. The Morgan fingerprint density at radius 3 is 2.43 bits per heavy atom. The van der Waals surface area contributed by atoms with E-state index >= 15 is 0 Å². The fourth-order valence-corrected chi connectivity index (χ4v) is 3.45. The molecule has 2 aromatic rings. The highest BCUT2D eigenvalue weighted by Crippen LogP contribution is 2.37. The molecule has 0 spiro atoms. The Morgan fingerprint density at radius 2 is 1.90 bits per heavy atom. The van der Waals surface area contributed by atoms with Gasteiger partial charge in [-0.1, -0.05) is 6.07 Å². The van der Waals surface area contributed by atoms with Crippen molar-refractivity contribution in [2.45, 2.75) is 12.0 Å². The van der Waals surface area contributed by atoms with Crippen LogP contribution in [0.3, 0.4) is 0 Å². The van der Waals surface area contributed by atoms with Crippen LogP contribution in [0.4, 0.5) is 0 Å². The molecule has 1 aromatic heterocycles. The minimum absolute atomic E-state index is 0.202. The number of benzene rings is 1. The highest BCUT2D eigenvalue weighted by Gasteiger charge is 2.23. The summed E-state index contributed by atoms with van der Waals surface area (Å²) >= 11 is 4.95. The van der Waals surface area contributed by atoms with Gasteiger partial charge < -0.3 is 20.3 Å². The van der Waals surface area contributed by atoms with Crippen molar-refractivity contribution in [1.82, 2.24) is 0 Å². The van der Waals surface area contributed by atoms with Crippen molar-refractivity contribution in [3.05, 3.63) is 44.6 Å². The first-order valence-electron chi connectivity index (χ1n) is 6.44. The number of ether oxygens (including phenoxy) is 2. The predicted octanol–water partition coefficient (Wildman–Crippen LogP) is 3.30. The number of methoxy groups -OCH3 is 2. The van der Waals surface area contributed by atoms with E-state index in [1.54, 1.807) is 25.6 Å². The van der Waals surface area contributed by atoms with Gasteiger partial charge in [-0.25, -0.2) is 0 Å². The molecule has 2 atom stereocenters. The molecule has 2 unspecified atom stereocenters. The Hall–Kier alpha value is -1.08. The number of rotatable bonds is 6. The maximum absolute atomic E-state index is 10.6. The molecule has 0 amide bonds. The second kappa shape index (κ2) is 7.26. The minimum Gasteiger partial charge on any atom is -0.493 e. The molecule has 3 N–H and O–H groups in total. The summed E-state index contributed by atoms with van der Waals surface area (Å²) < 4.78 is 11.5. The van der Waals surface area contributed by atoms with E-state index < -0.39 is 6.10 Å². The second-order valence-electron chi connectivity index (χ2n) is 4.59. The van der Waals surface area contributed by atoms with Gasteiger partial charge in [-0.15, -0.1) is 11.3 Å². The standard InChI is InChI=1S/C15H18BrNO3S/c1-19-12-4-3-9(5-13(12)20-2)11(7-17)15(18)10-6-14(16)21-8-10/h3-6,8,11,15,18H,7,17H2,1-2H3. The molecule has 0 saturated heterocycles. The topological polar surface area (TPSA) is 64.7 Å². The Balaban J connectivity index is 2.32. The van der Waals surface area contributed by atoms with Crippen LogP contribution >= 0.6 is 27.3 Å². The van der Waals surface area contributed by atoms with E-state index in [1.165, 1.54) is 0 Å². The Bertz CT molecular complexity index is 602. The summed E-state index contributed by atoms with van der Waals surface area (Å²) in [4.78, 5) is 0. The van der Waals surface area contributed by atoms with E-state index in [9.17, 15) is 5.11 Å². The van der Waals surface area contributed by atoms with Crippen LogP contribution < -0.4 is 15.2 Å². The lowest BCUT2D eigenvalue weighted by Gasteiger charge is -2.22. The average molecular weight is 372 g/mol. The number of aliphatic hydroxyl groups is 1. The van der Waals surface area contributed by atoms with Crippen molar-refractivity contribution < 1.29 is 14.6 Å². The number of hydrogen-bond donors (Lipinski definition) is 2. The predicted molar refractivity (Wildman–Crippen MR) is 88.3 cm³/mol. The van der Waals surface area contributed by atoms with Gasteiger partial charge in [0, 0.05) is 12.5 Å². The molecule has 0 radical (unpaired) electrons. The van der Waals surface area contributed by atoms with Crippen LogP contribution in [0.5, 0.6) is 11.5 Å². The lowest BCUT2D eigenvalue weighted by atomic mass is 9.90. The Kier molecular flexibility index (Phi) is 5.64. The first-order chi connectivity index (χ1) is 10.1. The van der Waals surface area contributed by atoms with E-state index in [1.807, 2.05) is 29.6 Å². The molecule has 0 fully saturated rings. The van der Waals surface area contributed by atoms with Crippen LogP contribution in [-0.2, 0) is 0 Å². The van der Waals surface area contributed by atoms with Crippen LogP contribution in [0.25, 0.3) is 0 Å². The average Bonchev–Trinajstić information content (AvgIpc) is 2.94. The summed E-state index contributed by atoms with van der Waals surface area (Å²) in [5.41, 5.74) is 7.65. The lowest BCUT2D eigenvalue weighted by Crippen LogP contribution is -2.20. The third-order valence-electron chi connectivity index (χ3n) is 3.40. The molecular formula is C15H18BrNO3S. The SMILES string of the molecule is COc1ccc(C(CN)C(O)c2csc(Br)c2)cc1OC. The number of thiophene rings is 1. The summed E-state index contributed by atoms with van der Waals surface area (Å²) in [7, 11) is 3.18. The van der Waals surface area contributed by atoms with Gasteiger partial charge in [-0.05, 0) is 50.6 Å². The van der Waals surface area contributed by atoms with E-state index in [0.717, 1.165) is 14.9 Å². The monoisotopic (exact) mass is 371 g/mol. The van der Waals surface area contributed by atoms with Crippen molar-refractivity contribution >= 4 is 27.3 Å². The van der Waals surface area contributed by atoms with E-state index in [2.05, 4.69) is 15.9 Å². The molecule has 0 aliphatic carbocycles. The van der Waals surface area contributed by atoms with Crippen molar-refractivity contribution in [3.63, 3.8) is 0 Å². The minimum atomic E-state index is -0.657. The molecule has 0 aliphatic rings. The molecule has 6 heteroatoms. The lowest BCUT2D eigenvalue weighted by molar-refractivity contribution is 0.147. The largest absolute Gasteiger partial charge is 0.493 e. The van der Waals surface area contributed by atoms with Crippen LogP contribution in [-0.4, -0.2) is 25.9 Å². The summed E-state index contributed by atoms with van der Waals surface area (Å²) in [5, 5.41) is 12.5. The highest BCUT2D eigenvalue weighted by molar-refractivity contribution is 9.11. The van der Waals surface area contributed by atoms with E-state index in [4.69, 9.17) is 15.2 Å². The summed E-state index contributed by atoms with van der Waals surface area (Å²) in [6.45, 7) is 0.337.